The van der Waals surface area contributed by atoms with Crippen molar-refractivity contribution in [3.8, 4) is 0 Å². The summed E-state index contributed by atoms with van der Waals surface area (Å²) in [6, 6.07) is 0. The number of carbonyl (C=O) groups excluding carboxylic acids is 1. The molecule has 0 aromatic carbocycles. The van der Waals surface area contributed by atoms with Crippen LogP contribution < -0.4 is 11.1 Å². The molecule has 1 aliphatic rings. The Bertz CT molecular complexity index is 364. The molecule has 0 spiro atoms. The summed E-state index contributed by atoms with van der Waals surface area (Å²) in [5.41, 5.74) is 5.45. The zero-order valence-corrected chi connectivity index (χ0v) is 12.5. The first-order valence-corrected chi connectivity index (χ1v) is 6.23. The van der Waals surface area contributed by atoms with E-state index in [1.807, 2.05) is 0 Å². The summed E-state index contributed by atoms with van der Waals surface area (Å²) in [4.78, 5) is 19.2. The maximum atomic E-state index is 12.1. The van der Waals surface area contributed by atoms with Crippen molar-refractivity contribution < 1.29 is 4.79 Å². The number of carbonyl (C=O) groups is 1. The van der Waals surface area contributed by atoms with Gasteiger partial charge in [0, 0.05) is 31.9 Å². The van der Waals surface area contributed by atoms with Crippen LogP contribution in [-0.2, 0) is 11.2 Å². The van der Waals surface area contributed by atoms with Gasteiger partial charge in [-0.2, -0.15) is 0 Å². The van der Waals surface area contributed by atoms with Crippen LogP contribution in [0.1, 0.15) is 31.5 Å². The molecule has 0 unspecified atom stereocenters. The number of hydrogen-bond donors (Lipinski definition) is 3. The van der Waals surface area contributed by atoms with Crippen molar-refractivity contribution in [3.63, 3.8) is 0 Å². The van der Waals surface area contributed by atoms with Crippen molar-refractivity contribution in [3.05, 3.63) is 18.2 Å². The molecule has 1 amide bonds. The number of imidazole rings is 1. The van der Waals surface area contributed by atoms with E-state index in [-0.39, 0.29) is 36.1 Å². The van der Waals surface area contributed by atoms with Gasteiger partial charge in [-0.1, -0.05) is 12.8 Å². The van der Waals surface area contributed by atoms with E-state index in [0.717, 1.165) is 37.9 Å². The van der Waals surface area contributed by atoms with E-state index in [1.54, 1.807) is 12.4 Å². The zero-order chi connectivity index (χ0) is 12.1. The van der Waals surface area contributed by atoms with Crippen LogP contribution >= 0.6 is 24.8 Å². The highest BCUT2D eigenvalue weighted by Gasteiger charge is 2.39. The molecule has 1 aromatic rings. The molecule has 1 aromatic heterocycles. The number of hydrogen-bond acceptors (Lipinski definition) is 3. The Morgan fingerprint density at radius 2 is 2.11 bits per heavy atom. The van der Waals surface area contributed by atoms with E-state index in [1.165, 1.54) is 0 Å². The van der Waals surface area contributed by atoms with Crippen LogP contribution in [0.4, 0.5) is 0 Å². The van der Waals surface area contributed by atoms with E-state index < -0.39 is 0 Å². The molecule has 4 N–H and O–H groups in total. The maximum Gasteiger partial charge on any atom is 0.227 e. The standard InChI is InChI=1S/C12H20N4O.2ClH/c13-9-12(4-1-2-5-12)11(17)16-6-3-10-14-7-8-15-10;;/h7-8H,1-6,9,13H2,(H,14,15)(H,16,17);2*1H. The fourth-order valence-corrected chi connectivity index (χ4v) is 2.49. The van der Waals surface area contributed by atoms with Crippen LogP contribution in [0.5, 0.6) is 0 Å². The van der Waals surface area contributed by atoms with E-state index in [2.05, 4.69) is 15.3 Å². The SMILES string of the molecule is Cl.Cl.NCC1(C(=O)NCCc2ncc[nH]2)CCCC1. The monoisotopic (exact) mass is 308 g/mol. The molecular weight excluding hydrogens is 287 g/mol. The summed E-state index contributed by atoms with van der Waals surface area (Å²) < 4.78 is 0. The number of nitrogens with two attached hydrogens (primary N) is 1. The second-order valence-electron chi connectivity index (χ2n) is 4.73. The Balaban J connectivity index is 0.00000162. The molecule has 5 nitrogen and oxygen atoms in total. The average Bonchev–Trinajstić information content (AvgIpc) is 3.00. The van der Waals surface area contributed by atoms with Gasteiger partial charge >= 0.3 is 0 Å². The summed E-state index contributed by atoms with van der Waals surface area (Å²) in [5, 5.41) is 2.98. The Labute approximate surface area is 125 Å². The Hall–Kier alpha value is -0.780. The number of halogens is 2. The van der Waals surface area contributed by atoms with Crippen LogP contribution in [0.2, 0.25) is 0 Å². The molecule has 0 radical (unpaired) electrons. The molecule has 110 valence electrons. The minimum atomic E-state index is -0.302. The third-order valence-electron chi connectivity index (χ3n) is 3.64. The molecule has 19 heavy (non-hydrogen) atoms. The third-order valence-corrected chi connectivity index (χ3v) is 3.64. The van der Waals surface area contributed by atoms with Gasteiger partial charge in [0.2, 0.25) is 5.91 Å². The van der Waals surface area contributed by atoms with E-state index in [9.17, 15) is 4.79 Å². The first kappa shape index (κ1) is 18.2. The maximum absolute atomic E-state index is 12.1. The average molecular weight is 309 g/mol. The highest BCUT2D eigenvalue weighted by molar-refractivity contribution is 5.85. The van der Waals surface area contributed by atoms with E-state index in [0.29, 0.717) is 13.1 Å². The predicted molar refractivity (Wildman–Crippen MR) is 79.8 cm³/mol. The van der Waals surface area contributed by atoms with Gasteiger partial charge in [0.15, 0.2) is 0 Å². The molecule has 0 aliphatic heterocycles. The van der Waals surface area contributed by atoms with Gasteiger partial charge in [-0.3, -0.25) is 4.79 Å². The summed E-state index contributed by atoms with van der Waals surface area (Å²) in [7, 11) is 0. The Morgan fingerprint density at radius 1 is 1.42 bits per heavy atom. The summed E-state index contributed by atoms with van der Waals surface area (Å²) >= 11 is 0. The lowest BCUT2D eigenvalue weighted by atomic mass is 9.85. The quantitative estimate of drug-likeness (QED) is 0.769. The normalized spacial score (nSPS) is 16.3. The smallest absolute Gasteiger partial charge is 0.227 e. The zero-order valence-electron chi connectivity index (χ0n) is 10.9. The highest BCUT2D eigenvalue weighted by Crippen LogP contribution is 2.37. The summed E-state index contributed by atoms with van der Waals surface area (Å²) in [6.07, 6.45) is 8.32. The van der Waals surface area contributed by atoms with Crippen molar-refractivity contribution in [2.75, 3.05) is 13.1 Å². The number of nitrogens with zero attached hydrogens (tertiary/aromatic N) is 1. The lowest BCUT2D eigenvalue weighted by Gasteiger charge is -2.25. The van der Waals surface area contributed by atoms with Gasteiger partial charge < -0.3 is 16.0 Å². The number of amides is 1. The number of H-pyrrole nitrogens is 1. The molecule has 1 heterocycles. The first-order valence-electron chi connectivity index (χ1n) is 6.23. The molecule has 2 rings (SSSR count). The van der Waals surface area contributed by atoms with Crippen molar-refractivity contribution in [2.45, 2.75) is 32.1 Å². The number of nitrogens with one attached hydrogen (secondary N) is 2. The van der Waals surface area contributed by atoms with Gasteiger partial charge in [-0.05, 0) is 12.8 Å². The molecule has 1 fully saturated rings. The fourth-order valence-electron chi connectivity index (χ4n) is 2.49. The van der Waals surface area contributed by atoms with Gasteiger partial charge in [-0.25, -0.2) is 4.98 Å². The van der Waals surface area contributed by atoms with Crippen molar-refractivity contribution in [1.82, 2.24) is 15.3 Å². The van der Waals surface area contributed by atoms with Crippen LogP contribution in [0.15, 0.2) is 12.4 Å². The third kappa shape index (κ3) is 4.37. The van der Waals surface area contributed by atoms with Gasteiger partial charge in [0.05, 0.1) is 5.41 Å². The fraction of sp³-hybridized carbons (Fsp3) is 0.667. The second kappa shape index (κ2) is 8.40. The van der Waals surface area contributed by atoms with Crippen LogP contribution in [0, 0.1) is 5.41 Å². The lowest BCUT2D eigenvalue weighted by molar-refractivity contribution is -0.130. The lowest BCUT2D eigenvalue weighted by Crippen LogP contribution is -2.44. The van der Waals surface area contributed by atoms with E-state index >= 15 is 0 Å². The van der Waals surface area contributed by atoms with Crippen molar-refractivity contribution in [1.29, 1.82) is 0 Å². The van der Waals surface area contributed by atoms with Crippen LogP contribution in [0.25, 0.3) is 0 Å². The summed E-state index contributed by atoms with van der Waals surface area (Å²) in [5.74, 6) is 1.02. The molecule has 7 heteroatoms. The predicted octanol–water partition coefficient (Wildman–Crippen LogP) is 1.43. The number of aromatic amines is 1. The van der Waals surface area contributed by atoms with Crippen LogP contribution in [-0.4, -0.2) is 29.0 Å². The Morgan fingerprint density at radius 3 is 2.63 bits per heavy atom. The van der Waals surface area contributed by atoms with Crippen molar-refractivity contribution >= 4 is 30.7 Å². The minimum Gasteiger partial charge on any atom is -0.355 e. The Kier molecular flexibility index (Phi) is 8.06. The van der Waals surface area contributed by atoms with E-state index in [4.69, 9.17) is 5.73 Å². The van der Waals surface area contributed by atoms with Gasteiger partial charge in [0.25, 0.3) is 0 Å². The molecule has 1 aliphatic carbocycles. The van der Waals surface area contributed by atoms with Gasteiger partial charge in [0.1, 0.15) is 5.82 Å². The molecule has 0 atom stereocenters. The number of rotatable bonds is 5. The molecule has 0 saturated heterocycles. The first-order chi connectivity index (χ1) is 8.27. The summed E-state index contributed by atoms with van der Waals surface area (Å²) in [6.45, 7) is 1.08. The van der Waals surface area contributed by atoms with Gasteiger partial charge in [-0.15, -0.1) is 24.8 Å². The molecular formula is C12H22Cl2N4O. The van der Waals surface area contributed by atoms with Crippen LogP contribution in [0.3, 0.4) is 0 Å². The molecule has 0 bridgehead atoms. The topological polar surface area (TPSA) is 83.8 Å². The highest BCUT2D eigenvalue weighted by atomic mass is 35.5. The minimum absolute atomic E-state index is 0. The number of aromatic nitrogens is 2. The second-order valence-corrected chi connectivity index (χ2v) is 4.73. The molecule has 1 saturated carbocycles. The van der Waals surface area contributed by atoms with Crippen molar-refractivity contribution in [2.24, 2.45) is 11.1 Å². The largest absolute Gasteiger partial charge is 0.355 e.